The normalized spacial score (nSPS) is 11.0. The van der Waals surface area contributed by atoms with E-state index < -0.39 is 11.6 Å². The summed E-state index contributed by atoms with van der Waals surface area (Å²) in [7, 11) is 0. The minimum absolute atomic E-state index is 0.00451. The summed E-state index contributed by atoms with van der Waals surface area (Å²) in [5, 5.41) is 1.09. The van der Waals surface area contributed by atoms with Gasteiger partial charge in [-0.15, -0.1) is 0 Å². The summed E-state index contributed by atoms with van der Waals surface area (Å²) >= 11 is 6.17. The fraction of sp³-hybridized carbons (Fsp3) is 0.136. The lowest BCUT2D eigenvalue weighted by Crippen LogP contribution is -2.17. The Bertz CT molecular complexity index is 1360. The predicted molar refractivity (Wildman–Crippen MR) is 110 cm³/mol. The van der Waals surface area contributed by atoms with E-state index in [1.165, 1.54) is 22.8 Å². The summed E-state index contributed by atoms with van der Waals surface area (Å²) in [5.74, 6) is -0.264. The molecule has 0 aliphatic heterocycles. The first-order valence-electron chi connectivity index (χ1n) is 9.05. The third-order valence-electron chi connectivity index (χ3n) is 4.56. The highest BCUT2D eigenvalue weighted by Gasteiger charge is 2.15. The summed E-state index contributed by atoms with van der Waals surface area (Å²) in [6.45, 7) is 1.83. The van der Waals surface area contributed by atoms with Gasteiger partial charge in [0, 0.05) is 34.3 Å². The van der Waals surface area contributed by atoms with Gasteiger partial charge in [-0.3, -0.25) is 4.79 Å². The first-order valence-corrected chi connectivity index (χ1v) is 9.43. The monoisotopic (exact) mass is 425 g/mol. The van der Waals surface area contributed by atoms with Crippen molar-refractivity contribution in [2.24, 2.45) is 0 Å². The Hall–Kier alpha value is -3.58. The van der Waals surface area contributed by atoms with E-state index in [4.69, 9.17) is 25.2 Å². The van der Waals surface area contributed by atoms with E-state index in [0.717, 1.165) is 5.56 Å². The molecule has 0 saturated carbocycles. The van der Waals surface area contributed by atoms with Crippen molar-refractivity contribution in [3.05, 3.63) is 103 Å². The average Bonchev–Trinajstić information content (AvgIpc) is 3.18. The van der Waals surface area contributed by atoms with Crippen LogP contribution in [0.25, 0.3) is 11.0 Å². The highest BCUT2D eigenvalue weighted by atomic mass is 35.5. The smallest absolute Gasteiger partial charge is 0.374 e. The Labute approximate surface area is 175 Å². The van der Waals surface area contributed by atoms with E-state index in [0.29, 0.717) is 27.3 Å². The van der Waals surface area contributed by atoms with E-state index in [-0.39, 0.29) is 24.5 Å². The van der Waals surface area contributed by atoms with E-state index in [1.54, 1.807) is 43.5 Å². The maximum absolute atomic E-state index is 12.4. The van der Waals surface area contributed by atoms with Crippen LogP contribution in [0.15, 0.2) is 73.2 Å². The zero-order valence-corrected chi connectivity index (χ0v) is 16.6. The number of hydrogen-bond donors (Lipinski definition) is 0. The Kier molecular flexibility index (Phi) is 5.29. The maximum Gasteiger partial charge on any atom is 0.374 e. The Balaban J connectivity index is 1.51. The van der Waals surface area contributed by atoms with Crippen molar-refractivity contribution in [2.75, 3.05) is 0 Å². The quantitative estimate of drug-likeness (QED) is 0.355. The van der Waals surface area contributed by atoms with Crippen LogP contribution in [0.5, 0.6) is 0 Å². The molecule has 0 aliphatic rings. The van der Waals surface area contributed by atoms with Crippen LogP contribution in [-0.4, -0.2) is 10.5 Å². The Morgan fingerprint density at radius 1 is 1.10 bits per heavy atom. The van der Waals surface area contributed by atoms with Crippen LogP contribution in [0, 0.1) is 6.92 Å². The average molecular weight is 426 g/mol. The first-order chi connectivity index (χ1) is 14.4. The largest absolute Gasteiger partial charge is 0.455 e. The second-order valence-electron chi connectivity index (χ2n) is 6.70. The molecule has 0 atom stereocenters. The summed E-state index contributed by atoms with van der Waals surface area (Å²) in [6.07, 6.45) is 1.63. The van der Waals surface area contributed by atoms with Gasteiger partial charge in [0.05, 0.1) is 6.54 Å². The van der Waals surface area contributed by atoms with Crippen LogP contribution >= 0.6 is 11.6 Å². The number of fused-ring (bicyclic) bond motifs is 1. The molecule has 152 valence electrons. The number of aromatic nitrogens is 1. The van der Waals surface area contributed by atoms with Crippen molar-refractivity contribution in [1.82, 2.24) is 4.57 Å². The molecule has 3 aromatic heterocycles. The topological polar surface area (TPSA) is 91.6 Å². The van der Waals surface area contributed by atoms with E-state index in [2.05, 4.69) is 0 Å². The van der Waals surface area contributed by atoms with Gasteiger partial charge >= 0.3 is 11.6 Å². The maximum atomic E-state index is 12.4. The van der Waals surface area contributed by atoms with Crippen molar-refractivity contribution < 1.29 is 18.4 Å². The van der Waals surface area contributed by atoms with Gasteiger partial charge in [-0.05, 0) is 42.8 Å². The van der Waals surface area contributed by atoms with Crippen molar-refractivity contribution in [3.63, 3.8) is 0 Å². The molecule has 30 heavy (non-hydrogen) atoms. The molecule has 1 aromatic carbocycles. The number of esters is 1. The number of carbonyl (C=O) groups is 1. The van der Waals surface area contributed by atoms with Gasteiger partial charge in [-0.1, -0.05) is 17.7 Å². The number of hydrogen-bond acceptors (Lipinski definition) is 6. The van der Waals surface area contributed by atoms with Gasteiger partial charge in [0.15, 0.2) is 0 Å². The molecule has 8 heteroatoms. The van der Waals surface area contributed by atoms with Crippen molar-refractivity contribution in [1.29, 1.82) is 0 Å². The molecule has 0 fully saturated rings. The molecule has 0 spiro atoms. The fourth-order valence-corrected chi connectivity index (χ4v) is 3.18. The van der Waals surface area contributed by atoms with Crippen LogP contribution in [0.1, 0.15) is 27.4 Å². The highest BCUT2D eigenvalue weighted by molar-refractivity contribution is 6.32. The van der Waals surface area contributed by atoms with Crippen molar-refractivity contribution >= 4 is 28.5 Å². The summed E-state index contributed by atoms with van der Waals surface area (Å²) < 4.78 is 17.5. The second kappa shape index (κ2) is 8.04. The van der Waals surface area contributed by atoms with Gasteiger partial charge in [-0.2, -0.15) is 0 Å². The van der Waals surface area contributed by atoms with Crippen LogP contribution in [0.4, 0.5) is 0 Å². The molecule has 0 saturated heterocycles. The number of ether oxygens (including phenoxy) is 1. The molecule has 0 unspecified atom stereocenters. The number of furan rings is 1. The zero-order chi connectivity index (χ0) is 21.3. The predicted octanol–water partition coefficient (Wildman–Crippen LogP) is 3.91. The highest BCUT2D eigenvalue weighted by Crippen LogP contribution is 2.25. The molecule has 0 aliphatic carbocycles. The van der Waals surface area contributed by atoms with Gasteiger partial charge in [-0.25, -0.2) is 9.59 Å². The first kappa shape index (κ1) is 19.7. The van der Waals surface area contributed by atoms with E-state index in [9.17, 15) is 14.4 Å². The van der Waals surface area contributed by atoms with Gasteiger partial charge in [0.2, 0.25) is 5.76 Å². The second-order valence-corrected chi connectivity index (χ2v) is 7.10. The molecular weight excluding hydrogens is 410 g/mol. The lowest BCUT2D eigenvalue weighted by Gasteiger charge is -2.08. The number of rotatable bonds is 5. The molecule has 0 N–H and O–H groups in total. The van der Waals surface area contributed by atoms with Gasteiger partial charge < -0.3 is 18.1 Å². The number of carbonyl (C=O) groups excluding carboxylic acids is 1. The van der Waals surface area contributed by atoms with E-state index >= 15 is 0 Å². The molecule has 4 rings (SSSR count). The molecule has 4 aromatic rings. The molecule has 7 nitrogen and oxygen atoms in total. The molecule has 0 bridgehead atoms. The summed E-state index contributed by atoms with van der Waals surface area (Å²) in [4.78, 5) is 36.0. The Morgan fingerprint density at radius 3 is 2.73 bits per heavy atom. The number of benzene rings is 1. The molecule has 0 amide bonds. The minimum atomic E-state index is -0.693. The van der Waals surface area contributed by atoms with Gasteiger partial charge in [0.25, 0.3) is 5.56 Å². The fourth-order valence-electron chi connectivity index (χ4n) is 3.01. The minimum Gasteiger partial charge on any atom is -0.455 e. The van der Waals surface area contributed by atoms with Crippen LogP contribution in [0.3, 0.4) is 0 Å². The zero-order valence-electron chi connectivity index (χ0n) is 15.9. The lowest BCUT2D eigenvalue weighted by molar-refractivity contribution is 0.0435. The molecule has 3 heterocycles. The lowest BCUT2D eigenvalue weighted by atomic mass is 10.1. The summed E-state index contributed by atoms with van der Waals surface area (Å²) in [6, 6.07) is 12.5. The van der Waals surface area contributed by atoms with E-state index in [1.807, 2.05) is 0 Å². The molecular formula is C22H16ClNO6. The number of pyridine rings is 1. The van der Waals surface area contributed by atoms with Crippen LogP contribution < -0.4 is 11.2 Å². The third-order valence-corrected chi connectivity index (χ3v) is 4.96. The summed E-state index contributed by atoms with van der Waals surface area (Å²) in [5.41, 5.74) is 0.871. The van der Waals surface area contributed by atoms with Crippen LogP contribution in [0.2, 0.25) is 5.02 Å². The van der Waals surface area contributed by atoms with Crippen molar-refractivity contribution in [3.8, 4) is 0 Å². The third kappa shape index (κ3) is 4.06. The SMILES string of the molecule is Cc1cc2oc(=O)cc(COC(=O)c3ccc(Cn4ccccc4=O)o3)c2cc1Cl. The van der Waals surface area contributed by atoms with Crippen molar-refractivity contribution in [2.45, 2.75) is 20.1 Å². The van der Waals surface area contributed by atoms with Crippen LogP contribution in [-0.2, 0) is 17.9 Å². The number of aryl methyl sites for hydroxylation is 1. The number of halogens is 1. The molecule has 0 radical (unpaired) electrons. The Morgan fingerprint density at radius 2 is 1.93 bits per heavy atom. The standard InChI is InChI=1S/C22H16ClNO6/c1-13-8-19-16(10-17(13)23)14(9-21(26)30-19)12-28-22(27)18-6-5-15(29-18)11-24-7-3-2-4-20(24)25/h2-10H,11-12H2,1H3. The van der Waals surface area contributed by atoms with Gasteiger partial charge in [0.1, 0.15) is 18.0 Å². The number of nitrogens with zero attached hydrogens (tertiary/aromatic N) is 1.